The van der Waals surface area contributed by atoms with Crippen LogP contribution in [0.5, 0.6) is 11.5 Å². The molecule has 0 atom stereocenters. The first kappa shape index (κ1) is 22.2. The summed E-state index contributed by atoms with van der Waals surface area (Å²) in [4.78, 5) is 29.4. The molecule has 0 spiro atoms. The molecule has 0 unspecified atom stereocenters. The fourth-order valence-corrected chi connectivity index (χ4v) is 2.73. The molecule has 2 N–H and O–H groups in total. The van der Waals surface area contributed by atoms with Gasteiger partial charge < -0.3 is 14.8 Å². The van der Waals surface area contributed by atoms with Crippen LogP contribution in [0.3, 0.4) is 0 Å². The number of pyridine rings is 1. The van der Waals surface area contributed by atoms with Crippen molar-refractivity contribution in [1.29, 1.82) is 0 Å². The van der Waals surface area contributed by atoms with E-state index in [0.717, 1.165) is 0 Å². The minimum atomic E-state index is -0.593. The van der Waals surface area contributed by atoms with Gasteiger partial charge in [0, 0.05) is 23.5 Å². The molecule has 1 aromatic heterocycles. The first-order valence-electron chi connectivity index (χ1n) is 9.64. The summed E-state index contributed by atoms with van der Waals surface area (Å²) in [5.74, 6) is 0.0166. The fraction of sp³-hybridized carbons (Fsp3) is 0.0833. The van der Waals surface area contributed by atoms with E-state index in [9.17, 15) is 9.59 Å². The van der Waals surface area contributed by atoms with Gasteiger partial charge in [-0.3, -0.25) is 14.6 Å². The number of methoxy groups -OCH3 is 2. The highest BCUT2D eigenvalue weighted by Gasteiger charge is 2.15. The summed E-state index contributed by atoms with van der Waals surface area (Å²) < 4.78 is 10.6. The van der Waals surface area contributed by atoms with Gasteiger partial charge in [-0.05, 0) is 42.0 Å². The van der Waals surface area contributed by atoms with Crippen LogP contribution in [0.1, 0.15) is 21.5 Å². The van der Waals surface area contributed by atoms with Crippen LogP contribution in [0.15, 0.2) is 83.9 Å². The van der Waals surface area contributed by atoms with E-state index in [-0.39, 0.29) is 5.70 Å². The lowest BCUT2D eigenvalue weighted by Crippen LogP contribution is -2.32. The van der Waals surface area contributed by atoms with E-state index in [2.05, 4.69) is 20.8 Å². The minimum absolute atomic E-state index is 0.00871. The van der Waals surface area contributed by atoms with Gasteiger partial charge in [-0.2, -0.15) is 5.10 Å². The lowest BCUT2D eigenvalue weighted by molar-refractivity contribution is -0.117. The molecule has 0 fully saturated rings. The number of benzene rings is 2. The summed E-state index contributed by atoms with van der Waals surface area (Å²) in [5.41, 5.74) is 4.18. The maximum absolute atomic E-state index is 12.8. The average molecular weight is 430 g/mol. The van der Waals surface area contributed by atoms with Crippen LogP contribution < -0.4 is 20.2 Å². The zero-order valence-electron chi connectivity index (χ0n) is 17.6. The number of aromatic nitrogens is 1. The molecule has 3 rings (SSSR count). The SMILES string of the molecule is COc1ccc(/C=C(/NC(=O)c2ccccc2)C(=O)N/N=C\c2cccnc2)cc1OC. The normalized spacial score (nSPS) is 11.1. The summed E-state index contributed by atoms with van der Waals surface area (Å²) in [7, 11) is 3.05. The topological polar surface area (TPSA) is 102 Å². The van der Waals surface area contributed by atoms with Crippen LogP contribution in [-0.2, 0) is 4.79 Å². The number of rotatable bonds is 8. The van der Waals surface area contributed by atoms with Crippen molar-refractivity contribution in [2.24, 2.45) is 5.10 Å². The summed E-state index contributed by atoms with van der Waals surface area (Å²) in [5, 5.41) is 6.59. The second-order valence-corrected chi connectivity index (χ2v) is 6.48. The lowest BCUT2D eigenvalue weighted by atomic mass is 10.1. The number of hydrazone groups is 1. The molecule has 0 aliphatic carbocycles. The van der Waals surface area contributed by atoms with E-state index < -0.39 is 11.8 Å². The van der Waals surface area contributed by atoms with Gasteiger partial charge in [0.25, 0.3) is 11.8 Å². The summed E-state index contributed by atoms with van der Waals surface area (Å²) in [6, 6.07) is 17.3. The van der Waals surface area contributed by atoms with E-state index in [1.165, 1.54) is 26.5 Å². The predicted molar refractivity (Wildman–Crippen MR) is 121 cm³/mol. The van der Waals surface area contributed by atoms with Crippen molar-refractivity contribution in [2.45, 2.75) is 0 Å². The molecule has 0 aliphatic heterocycles. The molecular formula is C24H22N4O4. The quantitative estimate of drug-likeness (QED) is 0.325. The van der Waals surface area contributed by atoms with Crippen LogP contribution in [0, 0.1) is 0 Å². The molecule has 0 aliphatic rings. The molecule has 0 radical (unpaired) electrons. The minimum Gasteiger partial charge on any atom is -0.493 e. The Morgan fingerprint density at radius 3 is 2.41 bits per heavy atom. The summed E-state index contributed by atoms with van der Waals surface area (Å²) in [6.45, 7) is 0. The van der Waals surface area contributed by atoms with Crippen LogP contribution in [0.4, 0.5) is 0 Å². The Kier molecular flexibility index (Phi) is 7.69. The van der Waals surface area contributed by atoms with Crippen molar-refractivity contribution in [1.82, 2.24) is 15.7 Å². The number of nitrogens with one attached hydrogen (secondary N) is 2. The molecule has 8 heteroatoms. The zero-order valence-corrected chi connectivity index (χ0v) is 17.6. The van der Waals surface area contributed by atoms with Crippen molar-refractivity contribution >= 4 is 24.1 Å². The third-order valence-corrected chi connectivity index (χ3v) is 4.31. The van der Waals surface area contributed by atoms with E-state index >= 15 is 0 Å². The van der Waals surface area contributed by atoms with Crippen LogP contribution in [-0.4, -0.2) is 37.2 Å². The van der Waals surface area contributed by atoms with E-state index in [4.69, 9.17) is 9.47 Å². The maximum Gasteiger partial charge on any atom is 0.287 e. The number of nitrogens with zero attached hydrogens (tertiary/aromatic N) is 2. The highest BCUT2D eigenvalue weighted by atomic mass is 16.5. The van der Waals surface area contributed by atoms with Crippen molar-refractivity contribution in [3.05, 3.63) is 95.4 Å². The Bertz CT molecular complexity index is 1130. The molecular weight excluding hydrogens is 408 g/mol. The molecule has 0 bridgehead atoms. The molecule has 2 aromatic carbocycles. The van der Waals surface area contributed by atoms with Crippen LogP contribution in [0.2, 0.25) is 0 Å². The highest BCUT2D eigenvalue weighted by molar-refractivity contribution is 6.05. The largest absolute Gasteiger partial charge is 0.493 e. The molecule has 0 saturated carbocycles. The summed E-state index contributed by atoms with van der Waals surface area (Å²) >= 11 is 0. The number of amides is 2. The zero-order chi connectivity index (χ0) is 22.8. The number of carbonyl (C=O) groups excluding carboxylic acids is 2. The van der Waals surface area contributed by atoms with Crippen molar-refractivity contribution in [2.75, 3.05) is 14.2 Å². The highest BCUT2D eigenvalue weighted by Crippen LogP contribution is 2.28. The second kappa shape index (κ2) is 11.1. The number of carbonyl (C=O) groups is 2. The van der Waals surface area contributed by atoms with Crippen molar-refractivity contribution < 1.29 is 19.1 Å². The summed E-state index contributed by atoms with van der Waals surface area (Å²) in [6.07, 6.45) is 6.22. The Hall–Kier alpha value is -4.46. The smallest absolute Gasteiger partial charge is 0.287 e. The van der Waals surface area contributed by atoms with Gasteiger partial charge in [-0.1, -0.05) is 30.3 Å². The molecule has 162 valence electrons. The first-order chi connectivity index (χ1) is 15.6. The molecule has 32 heavy (non-hydrogen) atoms. The van der Waals surface area contributed by atoms with E-state index in [1.807, 2.05) is 0 Å². The first-order valence-corrected chi connectivity index (χ1v) is 9.64. The molecule has 1 heterocycles. The second-order valence-electron chi connectivity index (χ2n) is 6.48. The van der Waals surface area contributed by atoms with Gasteiger partial charge in [0.15, 0.2) is 11.5 Å². The van der Waals surface area contributed by atoms with E-state index in [0.29, 0.717) is 28.2 Å². The van der Waals surface area contributed by atoms with Gasteiger partial charge in [0.05, 0.1) is 20.4 Å². The van der Waals surface area contributed by atoms with Gasteiger partial charge >= 0.3 is 0 Å². The van der Waals surface area contributed by atoms with Crippen LogP contribution in [0.25, 0.3) is 6.08 Å². The van der Waals surface area contributed by atoms with Gasteiger partial charge in [0.1, 0.15) is 5.70 Å². The van der Waals surface area contributed by atoms with Crippen LogP contribution >= 0.6 is 0 Å². The molecule has 2 amide bonds. The Morgan fingerprint density at radius 1 is 0.938 bits per heavy atom. The lowest BCUT2D eigenvalue weighted by Gasteiger charge is -2.11. The molecule has 0 saturated heterocycles. The predicted octanol–water partition coefficient (Wildman–Crippen LogP) is 3.02. The third-order valence-electron chi connectivity index (χ3n) is 4.31. The number of hydrogen-bond donors (Lipinski definition) is 2. The standard InChI is InChI=1S/C24H22N4O4/c1-31-21-11-10-17(14-22(21)32-2)13-20(27-23(29)19-8-4-3-5-9-19)24(30)28-26-16-18-7-6-12-25-15-18/h3-16H,1-2H3,(H,27,29)(H,28,30)/b20-13+,26-16-. The maximum atomic E-state index is 12.8. The van der Waals surface area contributed by atoms with Crippen molar-refractivity contribution in [3.8, 4) is 11.5 Å². The third kappa shape index (κ3) is 6.02. The van der Waals surface area contributed by atoms with Gasteiger partial charge in [0.2, 0.25) is 0 Å². The number of ether oxygens (including phenoxy) is 2. The Balaban J connectivity index is 1.86. The Morgan fingerprint density at radius 2 is 1.72 bits per heavy atom. The average Bonchev–Trinajstić information content (AvgIpc) is 2.84. The molecule has 8 nitrogen and oxygen atoms in total. The Labute approximate surface area is 185 Å². The van der Waals surface area contributed by atoms with Gasteiger partial charge in [-0.25, -0.2) is 5.43 Å². The fourth-order valence-electron chi connectivity index (χ4n) is 2.73. The van der Waals surface area contributed by atoms with E-state index in [1.54, 1.807) is 73.1 Å². The number of hydrogen-bond acceptors (Lipinski definition) is 6. The van der Waals surface area contributed by atoms with Gasteiger partial charge in [-0.15, -0.1) is 0 Å². The van der Waals surface area contributed by atoms with Crippen molar-refractivity contribution in [3.63, 3.8) is 0 Å². The molecule has 3 aromatic rings. The monoisotopic (exact) mass is 430 g/mol.